The molecule has 1 aliphatic heterocycles. The maximum Gasteiger partial charge on any atom is 0.419 e. The summed E-state index contributed by atoms with van der Waals surface area (Å²) >= 11 is 0. The lowest BCUT2D eigenvalue weighted by atomic mass is 9.72. The zero-order valence-corrected chi connectivity index (χ0v) is 31.4. The second kappa shape index (κ2) is 15.3. The number of anilines is 1. The molecular weight excluding hydrogens is 712 g/mol. The molecule has 284 valence electrons. The highest BCUT2D eigenvalue weighted by atomic mass is 32.2. The third kappa shape index (κ3) is 7.94. The molecule has 0 atom stereocenters. The molecule has 0 radical (unpaired) electrons. The highest BCUT2D eigenvalue weighted by Crippen LogP contribution is 2.40. The first-order valence-electron chi connectivity index (χ1n) is 17.2. The molecule has 2 aromatic carbocycles. The van der Waals surface area contributed by atoms with Crippen molar-refractivity contribution in [3.8, 4) is 16.8 Å². The van der Waals surface area contributed by atoms with Crippen molar-refractivity contribution in [2.75, 3.05) is 51.3 Å². The van der Waals surface area contributed by atoms with Crippen molar-refractivity contribution in [2.45, 2.75) is 45.7 Å². The van der Waals surface area contributed by atoms with Crippen molar-refractivity contribution in [2.24, 2.45) is 7.05 Å². The Balaban J connectivity index is 0.000000705. The molecule has 2 N–H and O–H groups in total. The summed E-state index contributed by atoms with van der Waals surface area (Å²) in [6.45, 7) is 12.2. The Labute approximate surface area is 306 Å². The normalized spacial score (nSPS) is 14.6. The van der Waals surface area contributed by atoms with Crippen LogP contribution in [0.4, 0.5) is 19.0 Å². The minimum atomic E-state index is -4.69. The van der Waals surface area contributed by atoms with E-state index in [-0.39, 0.29) is 37.4 Å². The number of aryl methyl sites for hydroxylation is 1. The van der Waals surface area contributed by atoms with Gasteiger partial charge in [-0.2, -0.15) is 13.2 Å². The van der Waals surface area contributed by atoms with Crippen LogP contribution in [-0.2, 0) is 38.2 Å². The Morgan fingerprint density at radius 3 is 2.15 bits per heavy atom. The molecule has 0 unspecified atom stereocenters. The van der Waals surface area contributed by atoms with Crippen molar-refractivity contribution >= 4 is 43.7 Å². The summed E-state index contributed by atoms with van der Waals surface area (Å²) in [5.74, 6) is -1.07. The van der Waals surface area contributed by atoms with Crippen molar-refractivity contribution < 1.29 is 31.1 Å². The number of alkyl halides is 3. The molecule has 1 saturated heterocycles. The van der Waals surface area contributed by atoms with Crippen LogP contribution in [-0.4, -0.2) is 88.3 Å². The predicted octanol–water partition coefficient (Wildman–Crippen LogP) is 5.35. The SMILES string of the molecule is CCN(CC)CC.CCOC(=O)CC1(c2ccc(-n3c(=O)n(C)c4cnc5ccc(-c6cnc(N)c(C(F)(F)F)c6)cc5c43)cc2)CN(S(C)(=O)=O)C1. The number of aromatic nitrogens is 4. The molecule has 6 rings (SSSR count). The molecule has 0 aliphatic carbocycles. The Bertz CT molecular complexity index is 2290. The van der Waals surface area contributed by atoms with E-state index in [0.717, 1.165) is 12.3 Å². The summed E-state index contributed by atoms with van der Waals surface area (Å²) < 4.78 is 74.4. The van der Waals surface area contributed by atoms with E-state index in [9.17, 15) is 31.2 Å². The van der Waals surface area contributed by atoms with Gasteiger partial charge in [-0.05, 0) is 68.0 Å². The number of benzene rings is 2. The van der Waals surface area contributed by atoms with E-state index in [1.165, 1.54) is 39.3 Å². The van der Waals surface area contributed by atoms with Gasteiger partial charge in [-0.15, -0.1) is 0 Å². The van der Waals surface area contributed by atoms with Crippen molar-refractivity contribution in [1.29, 1.82) is 0 Å². The zero-order chi connectivity index (χ0) is 38.9. The molecule has 4 heterocycles. The number of carbonyl (C=O) groups is 1. The highest BCUT2D eigenvalue weighted by Gasteiger charge is 2.49. The van der Waals surface area contributed by atoms with Crippen LogP contribution in [0.1, 0.15) is 45.2 Å². The summed E-state index contributed by atoms with van der Waals surface area (Å²) in [5, 5.41) is 0.517. The standard InChI is InChI=1S/C31H29F3N6O5S.C6H15N/c1-4-45-26(41)13-30(16-39(17-30)46(3,43)44)20-6-8-21(9-7-20)40-27-22-11-18(19-12-23(31(32,33)34)28(35)37-14-19)5-10-24(22)36-15-25(27)38(2)29(40)42;1-4-7(5-2)6-3/h5-12,14-15H,4,13,16-17H2,1-3H3,(H2,35,37);4-6H2,1-3H3. The number of nitrogens with two attached hydrogens (primary N) is 1. The van der Waals surface area contributed by atoms with E-state index >= 15 is 0 Å². The lowest BCUT2D eigenvalue weighted by Crippen LogP contribution is -2.61. The Hall–Kier alpha value is -4.80. The van der Waals surface area contributed by atoms with Gasteiger partial charge in [-0.25, -0.2) is 22.5 Å². The van der Waals surface area contributed by atoms with Crippen molar-refractivity contribution in [1.82, 2.24) is 28.3 Å². The minimum absolute atomic E-state index is 0.0183. The van der Waals surface area contributed by atoms with Crippen LogP contribution in [0.5, 0.6) is 0 Å². The molecular formula is C37H44F3N7O5S. The van der Waals surface area contributed by atoms with Crippen LogP contribution in [0.3, 0.4) is 0 Å². The zero-order valence-electron chi connectivity index (χ0n) is 30.6. The number of pyridine rings is 2. The second-order valence-corrected chi connectivity index (χ2v) is 15.0. The minimum Gasteiger partial charge on any atom is -0.466 e. The average Bonchev–Trinajstić information content (AvgIpc) is 3.35. The number of hydrogen-bond donors (Lipinski definition) is 1. The average molecular weight is 756 g/mol. The number of imidazole rings is 1. The molecule has 1 aliphatic rings. The van der Waals surface area contributed by atoms with Crippen LogP contribution in [0.25, 0.3) is 38.8 Å². The van der Waals surface area contributed by atoms with E-state index in [4.69, 9.17) is 10.5 Å². The molecule has 0 saturated carbocycles. The summed E-state index contributed by atoms with van der Waals surface area (Å²) in [7, 11) is -1.87. The molecule has 3 aromatic heterocycles. The van der Waals surface area contributed by atoms with Gasteiger partial charge in [0, 0.05) is 42.7 Å². The Morgan fingerprint density at radius 2 is 1.60 bits per heavy atom. The lowest BCUT2D eigenvalue weighted by Gasteiger charge is -2.48. The number of carbonyl (C=O) groups excluding carboxylic acids is 1. The van der Waals surface area contributed by atoms with Gasteiger partial charge < -0.3 is 15.4 Å². The van der Waals surface area contributed by atoms with E-state index in [2.05, 4.69) is 35.6 Å². The van der Waals surface area contributed by atoms with Crippen LogP contribution in [0.2, 0.25) is 0 Å². The monoisotopic (exact) mass is 755 g/mol. The lowest BCUT2D eigenvalue weighted by molar-refractivity contribution is -0.146. The first kappa shape index (κ1) is 39.4. The molecule has 53 heavy (non-hydrogen) atoms. The van der Waals surface area contributed by atoms with E-state index in [0.29, 0.717) is 38.8 Å². The molecule has 5 aromatic rings. The van der Waals surface area contributed by atoms with Gasteiger partial charge in [-0.3, -0.25) is 18.9 Å². The quantitative estimate of drug-likeness (QED) is 0.186. The number of sulfonamides is 1. The summed E-state index contributed by atoms with van der Waals surface area (Å²) in [4.78, 5) is 36.7. The van der Waals surface area contributed by atoms with Crippen molar-refractivity contribution in [3.63, 3.8) is 0 Å². The van der Waals surface area contributed by atoms with E-state index < -0.39 is 39.0 Å². The summed E-state index contributed by atoms with van der Waals surface area (Å²) in [6, 6.07) is 12.8. The van der Waals surface area contributed by atoms with Gasteiger partial charge in [0.1, 0.15) is 5.82 Å². The van der Waals surface area contributed by atoms with Crippen LogP contribution in [0, 0.1) is 0 Å². The van der Waals surface area contributed by atoms with Gasteiger partial charge >= 0.3 is 17.8 Å². The molecule has 12 nitrogen and oxygen atoms in total. The number of ether oxygens (including phenoxy) is 1. The number of halogens is 3. The molecule has 0 spiro atoms. The second-order valence-electron chi connectivity index (χ2n) is 13.0. The largest absolute Gasteiger partial charge is 0.466 e. The van der Waals surface area contributed by atoms with Crippen LogP contribution in [0.15, 0.2) is 65.7 Å². The van der Waals surface area contributed by atoms with Crippen LogP contribution < -0.4 is 11.4 Å². The number of nitrogen functional groups attached to an aromatic ring is 1. The van der Waals surface area contributed by atoms with E-state index in [1.54, 1.807) is 62.6 Å². The number of esters is 1. The van der Waals surface area contributed by atoms with Gasteiger partial charge in [0.2, 0.25) is 10.0 Å². The molecule has 0 amide bonds. The van der Waals surface area contributed by atoms with Crippen LogP contribution >= 0.6 is 0 Å². The fourth-order valence-corrected chi connectivity index (χ4v) is 7.62. The fourth-order valence-electron chi connectivity index (χ4n) is 6.66. The number of hydrogen-bond acceptors (Lipinski definition) is 9. The maximum atomic E-state index is 13.6. The predicted molar refractivity (Wildman–Crippen MR) is 199 cm³/mol. The Kier molecular flexibility index (Phi) is 11.4. The van der Waals surface area contributed by atoms with E-state index in [1.807, 2.05) is 0 Å². The smallest absolute Gasteiger partial charge is 0.419 e. The first-order valence-corrected chi connectivity index (χ1v) is 19.1. The van der Waals surface area contributed by atoms with Crippen molar-refractivity contribution in [3.05, 3.63) is 82.5 Å². The van der Waals surface area contributed by atoms with Gasteiger partial charge in [0.15, 0.2) is 0 Å². The summed E-state index contributed by atoms with van der Waals surface area (Å²) in [6.07, 6.45) is -0.787. The molecule has 16 heteroatoms. The maximum absolute atomic E-state index is 13.6. The fraction of sp³-hybridized carbons (Fsp3) is 0.405. The van der Waals surface area contributed by atoms with Gasteiger partial charge in [-0.1, -0.05) is 39.0 Å². The number of fused-ring (bicyclic) bond motifs is 3. The molecule has 0 bridgehead atoms. The number of rotatable bonds is 10. The molecule has 1 fully saturated rings. The van der Waals surface area contributed by atoms with Gasteiger partial charge in [0.05, 0.1) is 53.3 Å². The third-order valence-electron chi connectivity index (χ3n) is 9.74. The summed E-state index contributed by atoms with van der Waals surface area (Å²) in [5.41, 5.74) is 6.55. The number of nitrogens with zero attached hydrogens (tertiary/aromatic N) is 6. The van der Waals surface area contributed by atoms with Gasteiger partial charge in [0.25, 0.3) is 0 Å². The topological polar surface area (TPSA) is 146 Å². The third-order valence-corrected chi connectivity index (χ3v) is 10.9. The first-order chi connectivity index (χ1) is 25.0. The Morgan fingerprint density at radius 1 is 0.962 bits per heavy atom. The highest BCUT2D eigenvalue weighted by molar-refractivity contribution is 7.88.